The smallest absolute Gasteiger partial charge is 0.272 e. The predicted molar refractivity (Wildman–Crippen MR) is 212 cm³/mol. The normalized spacial score (nSPS) is 12.6. The van der Waals surface area contributed by atoms with E-state index >= 15 is 0 Å². The minimum absolute atomic E-state index is 0.0293. The molecule has 1 aliphatic carbocycles. The number of hydrogen-bond acceptors (Lipinski definition) is 6. The zero-order chi connectivity index (χ0) is 37.6. The fourth-order valence-electron chi connectivity index (χ4n) is 6.02. The van der Waals surface area contributed by atoms with Gasteiger partial charge >= 0.3 is 0 Å². The Morgan fingerprint density at radius 1 is 0.630 bits per heavy atom. The van der Waals surface area contributed by atoms with Crippen LogP contribution in [0.15, 0.2) is 162 Å². The van der Waals surface area contributed by atoms with Gasteiger partial charge < -0.3 is 16.0 Å². The van der Waals surface area contributed by atoms with Crippen LogP contribution in [0.2, 0.25) is 5.02 Å². The summed E-state index contributed by atoms with van der Waals surface area (Å²) >= 11 is 7.64. The number of rotatable bonds is 10. The average molecular weight is 748 g/mol. The van der Waals surface area contributed by atoms with Crippen molar-refractivity contribution in [2.45, 2.75) is 10.1 Å². The van der Waals surface area contributed by atoms with Crippen molar-refractivity contribution in [1.82, 2.24) is 5.32 Å². The Morgan fingerprint density at radius 2 is 1.26 bits per heavy atom. The third kappa shape index (κ3) is 7.78. The summed E-state index contributed by atoms with van der Waals surface area (Å²) in [6.07, 6.45) is 1.51. The van der Waals surface area contributed by atoms with Crippen LogP contribution < -0.4 is 16.0 Å². The van der Waals surface area contributed by atoms with E-state index in [9.17, 15) is 24.0 Å². The van der Waals surface area contributed by atoms with Gasteiger partial charge in [0, 0.05) is 37.9 Å². The highest BCUT2D eigenvalue weighted by molar-refractivity contribution is 8.00. The van der Waals surface area contributed by atoms with Crippen molar-refractivity contribution >= 4 is 70.1 Å². The van der Waals surface area contributed by atoms with Crippen LogP contribution in [0.4, 0.5) is 11.4 Å². The lowest BCUT2D eigenvalue weighted by molar-refractivity contribution is -0.116. The van der Waals surface area contributed by atoms with Crippen molar-refractivity contribution in [2.75, 3.05) is 10.6 Å². The minimum atomic E-state index is -0.796. The molecule has 0 heterocycles. The van der Waals surface area contributed by atoms with Gasteiger partial charge in [-0.25, -0.2) is 0 Å². The van der Waals surface area contributed by atoms with Gasteiger partial charge in [-0.05, 0) is 59.7 Å². The monoisotopic (exact) mass is 747 g/mol. The van der Waals surface area contributed by atoms with Crippen molar-refractivity contribution in [1.29, 1.82) is 0 Å². The van der Waals surface area contributed by atoms with E-state index in [2.05, 4.69) is 16.0 Å². The molecule has 3 N–H and O–H groups in total. The Morgan fingerprint density at radius 3 is 2.00 bits per heavy atom. The maximum absolute atomic E-state index is 14.2. The van der Waals surface area contributed by atoms with Gasteiger partial charge in [0.2, 0.25) is 5.91 Å². The quantitative estimate of drug-likeness (QED) is 0.0949. The van der Waals surface area contributed by atoms with E-state index in [-0.39, 0.29) is 39.6 Å². The zero-order valence-electron chi connectivity index (χ0n) is 28.4. The lowest BCUT2D eigenvalue weighted by Gasteiger charge is -2.22. The fourth-order valence-corrected chi connectivity index (χ4v) is 7.29. The van der Waals surface area contributed by atoms with Gasteiger partial charge in [0.15, 0.2) is 11.6 Å². The molecule has 0 aromatic heterocycles. The molecule has 0 saturated heterocycles. The molecular formula is C44H30ClN3O5S. The number of nitrogens with one attached hydrogen (secondary N) is 3. The molecule has 0 radical (unpaired) electrons. The van der Waals surface area contributed by atoms with E-state index in [4.69, 9.17) is 11.6 Å². The number of hydrogen-bond donors (Lipinski definition) is 3. The summed E-state index contributed by atoms with van der Waals surface area (Å²) in [7, 11) is 0. The van der Waals surface area contributed by atoms with Crippen LogP contribution in [-0.4, -0.2) is 29.3 Å². The van der Waals surface area contributed by atoms with Gasteiger partial charge in [0.25, 0.3) is 11.8 Å². The average Bonchev–Trinajstić information content (AvgIpc) is 3.20. The molecule has 3 amide bonds. The summed E-state index contributed by atoms with van der Waals surface area (Å²) in [6.45, 7) is 0. The Hall–Kier alpha value is -6.55. The van der Waals surface area contributed by atoms with Gasteiger partial charge in [0.1, 0.15) is 10.9 Å². The molecule has 6 aromatic rings. The van der Waals surface area contributed by atoms with E-state index in [1.54, 1.807) is 115 Å². The number of amides is 3. The number of benzene rings is 6. The van der Waals surface area contributed by atoms with E-state index in [1.807, 2.05) is 36.4 Å². The maximum atomic E-state index is 14.2. The number of ketones is 2. The third-order valence-corrected chi connectivity index (χ3v) is 10.2. The molecule has 0 fully saturated rings. The van der Waals surface area contributed by atoms with Crippen LogP contribution >= 0.6 is 23.4 Å². The SMILES string of the molecule is O=C(Nc1cccc(SC(C(=O)Nc2cccc3c2C(=O)c2ccccc2C3=O)c2ccccc2)c1)/C(=C\c1ccccc1Cl)NC(=O)c1ccccc1. The highest BCUT2D eigenvalue weighted by atomic mass is 35.5. The highest BCUT2D eigenvalue weighted by Gasteiger charge is 2.33. The summed E-state index contributed by atoms with van der Waals surface area (Å²) in [5.74, 6) is -2.10. The molecule has 6 aromatic carbocycles. The summed E-state index contributed by atoms with van der Waals surface area (Å²) in [5.41, 5.74) is 3.22. The Bertz CT molecular complexity index is 2470. The van der Waals surface area contributed by atoms with Crippen LogP contribution in [0.1, 0.15) is 58.6 Å². The molecule has 0 aliphatic heterocycles. The first-order chi connectivity index (χ1) is 26.3. The lowest BCUT2D eigenvalue weighted by Crippen LogP contribution is -2.30. The molecule has 1 atom stereocenters. The molecule has 10 heteroatoms. The molecule has 264 valence electrons. The molecule has 1 unspecified atom stereocenters. The molecule has 7 rings (SSSR count). The van der Waals surface area contributed by atoms with E-state index in [0.717, 1.165) is 0 Å². The van der Waals surface area contributed by atoms with Crippen LogP contribution in [0.5, 0.6) is 0 Å². The second kappa shape index (κ2) is 16.0. The number of carbonyl (C=O) groups is 5. The van der Waals surface area contributed by atoms with Crippen molar-refractivity contribution < 1.29 is 24.0 Å². The molecule has 8 nitrogen and oxygen atoms in total. The number of anilines is 2. The molecule has 54 heavy (non-hydrogen) atoms. The molecule has 0 saturated carbocycles. The van der Waals surface area contributed by atoms with E-state index in [1.165, 1.54) is 17.8 Å². The number of halogens is 1. The second-order valence-corrected chi connectivity index (χ2v) is 13.8. The summed E-state index contributed by atoms with van der Waals surface area (Å²) < 4.78 is 0. The van der Waals surface area contributed by atoms with Crippen molar-refractivity contribution in [3.8, 4) is 0 Å². The molecular weight excluding hydrogens is 718 g/mol. The Kier molecular flexibility index (Phi) is 10.6. The Labute approximate surface area is 320 Å². The number of fused-ring (bicyclic) bond motifs is 2. The van der Waals surface area contributed by atoms with Gasteiger partial charge in [-0.3, -0.25) is 24.0 Å². The van der Waals surface area contributed by atoms with Gasteiger partial charge in [-0.2, -0.15) is 0 Å². The number of thioether (sulfide) groups is 1. The van der Waals surface area contributed by atoms with Crippen LogP contribution in [0.3, 0.4) is 0 Å². The topological polar surface area (TPSA) is 121 Å². The zero-order valence-corrected chi connectivity index (χ0v) is 30.0. The third-order valence-electron chi connectivity index (χ3n) is 8.63. The second-order valence-electron chi connectivity index (χ2n) is 12.2. The lowest BCUT2D eigenvalue weighted by atomic mass is 9.83. The Balaban J connectivity index is 1.15. The van der Waals surface area contributed by atoms with E-state index < -0.39 is 23.0 Å². The predicted octanol–water partition coefficient (Wildman–Crippen LogP) is 9.00. The molecule has 0 bridgehead atoms. The highest BCUT2D eigenvalue weighted by Crippen LogP contribution is 2.39. The van der Waals surface area contributed by atoms with Crippen LogP contribution in [0.25, 0.3) is 6.08 Å². The van der Waals surface area contributed by atoms with Crippen LogP contribution in [-0.2, 0) is 9.59 Å². The largest absolute Gasteiger partial charge is 0.324 e. The van der Waals surface area contributed by atoms with Gasteiger partial charge in [-0.1, -0.05) is 121 Å². The van der Waals surface area contributed by atoms with Crippen molar-refractivity contribution in [3.05, 3.63) is 201 Å². The van der Waals surface area contributed by atoms with Crippen molar-refractivity contribution in [2.24, 2.45) is 0 Å². The number of carbonyl (C=O) groups excluding carboxylic acids is 5. The van der Waals surface area contributed by atoms with Gasteiger partial charge in [-0.15, -0.1) is 11.8 Å². The first-order valence-electron chi connectivity index (χ1n) is 16.8. The standard InChI is InChI=1S/C44H30ClN3O5S/c45-35-23-10-7-17-29(35)25-37(48-42(51)28-15-5-2-6-16-28)43(52)46-30-18-11-19-31(26-30)54-41(27-13-3-1-4-14-27)44(53)47-36-24-12-22-34-38(36)40(50)33-21-9-8-20-32(33)39(34)49/h1-26,41H,(H,46,52)(H,47,53)(H,48,51)/b37-25+. The summed E-state index contributed by atoms with van der Waals surface area (Å²) in [6, 6.07) is 43.1. The minimum Gasteiger partial charge on any atom is -0.324 e. The van der Waals surface area contributed by atoms with Crippen molar-refractivity contribution in [3.63, 3.8) is 0 Å². The maximum Gasteiger partial charge on any atom is 0.272 e. The van der Waals surface area contributed by atoms with E-state index in [0.29, 0.717) is 37.9 Å². The summed E-state index contributed by atoms with van der Waals surface area (Å²) in [4.78, 5) is 68.6. The molecule has 0 spiro atoms. The first kappa shape index (κ1) is 35.8. The summed E-state index contributed by atoms with van der Waals surface area (Å²) in [5, 5.41) is 8.12. The fraction of sp³-hybridized carbons (Fsp3) is 0.0227. The van der Waals surface area contributed by atoms with Crippen LogP contribution in [0, 0.1) is 0 Å². The van der Waals surface area contributed by atoms with Gasteiger partial charge in [0.05, 0.1) is 11.3 Å². The first-order valence-corrected chi connectivity index (χ1v) is 18.1. The molecule has 1 aliphatic rings.